The second-order valence-corrected chi connectivity index (χ2v) is 5.82. The number of rotatable bonds is 6. The molecule has 1 N–H and O–H groups in total. The molecule has 1 aliphatic heterocycles. The smallest absolute Gasteiger partial charge is 0.225 e. The first-order valence-electron chi connectivity index (χ1n) is 7.50. The van der Waals surface area contributed by atoms with Gasteiger partial charge in [0.2, 0.25) is 5.91 Å². The number of para-hydroxylation sites is 1. The fourth-order valence-corrected chi connectivity index (χ4v) is 2.83. The molecule has 6 heteroatoms. The van der Waals surface area contributed by atoms with Crippen LogP contribution in [0.2, 0.25) is 5.02 Å². The van der Waals surface area contributed by atoms with Crippen molar-refractivity contribution in [2.24, 2.45) is 5.92 Å². The molecule has 1 fully saturated rings. The Hall–Kier alpha value is -0.970. The molecule has 1 aliphatic rings. The molecule has 0 spiro atoms. The molecule has 0 radical (unpaired) electrons. The fraction of sp³-hybridized carbons (Fsp3) is 0.562. The number of hydrogen-bond donors (Lipinski definition) is 1. The molecule has 0 atom stereocenters. The van der Waals surface area contributed by atoms with Crippen LogP contribution in [0.5, 0.6) is 5.75 Å². The molecule has 22 heavy (non-hydrogen) atoms. The zero-order valence-electron chi connectivity index (χ0n) is 12.9. The van der Waals surface area contributed by atoms with E-state index in [4.69, 9.17) is 16.3 Å². The van der Waals surface area contributed by atoms with Gasteiger partial charge in [-0.25, -0.2) is 0 Å². The van der Waals surface area contributed by atoms with E-state index in [1.165, 1.54) is 0 Å². The fourth-order valence-electron chi connectivity index (χ4n) is 2.64. The maximum atomic E-state index is 12.1. The van der Waals surface area contributed by atoms with E-state index in [-0.39, 0.29) is 18.3 Å². The van der Waals surface area contributed by atoms with Crippen LogP contribution < -0.4 is 10.1 Å². The molecule has 1 heterocycles. The number of amides is 1. The molecule has 1 saturated heterocycles. The third kappa shape index (κ3) is 5.67. The third-order valence-corrected chi connectivity index (χ3v) is 4.18. The Morgan fingerprint density at radius 1 is 1.36 bits per heavy atom. The summed E-state index contributed by atoms with van der Waals surface area (Å²) in [5.41, 5.74) is 0. The van der Waals surface area contributed by atoms with Crippen molar-refractivity contribution in [3.63, 3.8) is 0 Å². The molecule has 1 amide bonds. The first-order valence-corrected chi connectivity index (χ1v) is 7.88. The van der Waals surface area contributed by atoms with Crippen LogP contribution >= 0.6 is 24.0 Å². The van der Waals surface area contributed by atoms with Crippen LogP contribution in [0.25, 0.3) is 0 Å². The van der Waals surface area contributed by atoms with Gasteiger partial charge in [-0.15, -0.1) is 12.4 Å². The molecule has 0 saturated carbocycles. The summed E-state index contributed by atoms with van der Waals surface area (Å²) in [4.78, 5) is 14.1. The van der Waals surface area contributed by atoms with E-state index in [1.807, 2.05) is 30.1 Å². The maximum Gasteiger partial charge on any atom is 0.225 e. The van der Waals surface area contributed by atoms with Gasteiger partial charge in [0.05, 0.1) is 18.1 Å². The van der Waals surface area contributed by atoms with Gasteiger partial charge in [-0.1, -0.05) is 23.7 Å². The van der Waals surface area contributed by atoms with Gasteiger partial charge in [-0.3, -0.25) is 4.79 Å². The Bertz CT molecular complexity index is 463. The maximum absolute atomic E-state index is 12.1. The van der Waals surface area contributed by atoms with Gasteiger partial charge in [-0.05, 0) is 44.5 Å². The van der Waals surface area contributed by atoms with Gasteiger partial charge < -0.3 is 15.0 Å². The Labute approximate surface area is 143 Å². The summed E-state index contributed by atoms with van der Waals surface area (Å²) in [6.07, 6.45) is 2.57. The molecule has 1 aromatic rings. The second-order valence-electron chi connectivity index (χ2n) is 5.41. The van der Waals surface area contributed by atoms with Gasteiger partial charge in [0.25, 0.3) is 0 Å². The van der Waals surface area contributed by atoms with Crippen molar-refractivity contribution in [2.75, 3.05) is 33.3 Å². The molecule has 0 bridgehead atoms. The third-order valence-electron chi connectivity index (χ3n) is 3.87. The second kappa shape index (κ2) is 9.93. The lowest BCUT2D eigenvalue weighted by molar-refractivity contribution is -0.133. The molecule has 0 aromatic heterocycles. The van der Waals surface area contributed by atoms with Crippen molar-refractivity contribution in [1.29, 1.82) is 0 Å². The molecular weight excluding hydrogens is 323 g/mol. The van der Waals surface area contributed by atoms with Crippen LogP contribution in [0.4, 0.5) is 0 Å². The van der Waals surface area contributed by atoms with E-state index in [1.54, 1.807) is 6.07 Å². The largest absolute Gasteiger partial charge is 0.491 e. The first-order chi connectivity index (χ1) is 10.2. The van der Waals surface area contributed by atoms with Crippen LogP contribution in [0, 0.1) is 5.92 Å². The zero-order chi connectivity index (χ0) is 15.1. The lowest BCUT2D eigenvalue weighted by Gasteiger charge is -2.32. The number of piperidine rings is 1. The van der Waals surface area contributed by atoms with Crippen molar-refractivity contribution < 1.29 is 9.53 Å². The minimum Gasteiger partial charge on any atom is -0.491 e. The zero-order valence-corrected chi connectivity index (χ0v) is 14.5. The summed E-state index contributed by atoms with van der Waals surface area (Å²) in [5.74, 6) is 1.50. The Balaban J connectivity index is 0.00000242. The number of likely N-dealkylation sites (tertiary alicyclic amines) is 1. The number of halogens is 2. The highest BCUT2D eigenvalue weighted by Crippen LogP contribution is 2.23. The average molecular weight is 347 g/mol. The first kappa shape index (κ1) is 19.1. The molecule has 0 unspecified atom stereocenters. The molecule has 0 aliphatic carbocycles. The predicted molar refractivity (Wildman–Crippen MR) is 92.0 cm³/mol. The average Bonchev–Trinajstić information content (AvgIpc) is 2.50. The van der Waals surface area contributed by atoms with Gasteiger partial charge in [-0.2, -0.15) is 0 Å². The number of ether oxygens (including phenoxy) is 1. The van der Waals surface area contributed by atoms with Crippen LogP contribution in [0.3, 0.4) is 0 Å². The number of carbonyl (C=O) groups is 1. The topological polar surface area (TPSA) is 41.6 Å². The van der Waals surface area contributed by atoms with E-state index in [9.17, 15) is 4.79 Å². The minimum atomic E-state index is 0. The quantitative estimate of drug-likeness (QED) is 0.860. The lowest BCUT2D eigenvalue weighted by atomic mass is 9.97. The van der Waals surface area contributed by atoms with Crippen LogP contribution in [-0.4, -0.2) is 44.1 Å². The SMILES string of the molecule is CNCC1CCN(C(=O)CCOc2ccccc2Cl)CC1.Cl. The Kier molecular flexibility index (Phi) is 8.61. The highest BCUT2D eigenvalue weighted by atomic mass is 35.5. The summed E-state index contributed by atoms with van der Waals surface area (Å²) in [6.45, 7) is 3.13. The number of nitrogens with zero attached hydrogens (tertiary/aromatic N) is 1. The van der Waals surface area contributed by atoms with E-state index < -0.39 is 0 Å². The van der Waals surface area contributed by atoms with Gasteiger partial charge >= 0.3 is 0 Å². The van der Waals surface area contributed by atoms with Crippen LogP contribution in [0.1, 0.15) is 19.3 Å². The summed E-state index contributed by atoms with van der Waals surface area (Å²) >= 11 is 6.01. The number of carbonyl (C=O) groups excluding carboxylic acids is 1. The van der Waals surface area contributed by atoms with E-state index in [0.717, 1.165) is 32.5 Å². The van der Waals surface area contributed by atoms with Crippen molar-refractivity contribution in [3.05, 3.63) is 29.3 Å². The van der Waals surface area contributed by atoms with Crippen molar-refractivity contribution >= 4 is 29.9 Å². The number of benzene rings is 1. The predicted octanol–water partition coefficient (Wildman–Crippen LogP) is 2.99. The highest BCUT2D eigenvalue weighted by Gasteiger charge is 2.22. The van der Waals surface area contributed by atoms with Crippen LogP contribution in [-0.2, 0) is 4.79 Å². The van der Waals surface area contributed by atoms with E-state index >= 15 is 0 Å². The summed E-state index contributed by atoms with van der Waals surface area (Å²) in [6, 6.07) is 7.33. The van der Waals surface area contributed by atoms with Gasteiger partial charge in [0.1, 0.15) is 5.75 Å². The normalized spacial score (nSPS) is 15.3. The molecule has 2 rings (SSSR count). The molecular formula is C16H24Cl2N2O2. The van der Waals surface area contributed by atoms with Gasteiger partial charge in [0, 0.05) is 13.1 Å². The highest BCUT2D eigenvalue weighted by molar-refractivity contribution is 6.32. The van der Waals surface area contributed by atoms with E-state index in [0.29, 0.717) is 29.7 Å². The monoisotopic (exact) mass is 346 g/mol. The molecule has 1 aromatic carbocycles. The Morgan fingerprint density at radius 3 is 2.68 bits per heavy atom. The minimum absolute atomic E-state index is 0. The number of nitrogens with one attached hydrogen (secondary N) is 1. The van der Waals surface area contributed by atoms with Crippen molar-refractivity contribution in [2.45, 2.75) is 19.3 Å². The Morgan fingerprint density at radius 2 is 2.05 bits per heavy atom. The standard InChI is InChI=1S/C16H23ClN2O2.ClH/c1-18-12-13-6-9-19(10-7-13)16(20)8-11-21-15-5-3-2-4-14(15)17;/h2-5,13,18H,6-12H2,1H3;1H. The molecule has 124 valence electrons. The lowest BCUT2D eigenvalue weighted by Crippen LogP contribution is -2.40. The van der Waals surface area contributed by atoms with Crippen LogP contribution in [0.15, 0.2) is 24.3 Å². The van der Waals surface area contributed by atoms with E-state index in [2.05, 4.69) is 5.32 Å². The number of hydrogen-bond acceptors (Lipinski definition) is 3. The summed E-state index contributed by atoms with van der Waals surface area (Å²) in [7, 11) is 1.98. The summed E-state index contributed by atoms with van der Waals surface area (Å²) in [5, 5.41) is 3.78. The van der Waals surface area contributed by atoms with Gasteiger partial charge in [0.15, 0.2) is 0 Å². The molecule has 4 nitrogen and oxygen atoms in total. The summed E-state index contributed by atoms with van der Waals surface area (Å²) < 4.78 is 5.57. The van der Waals surface area contributed by atoms with Crippen molar-refractivity contribution in [1.82, 2.24) is 10.2 Å². The van der Waals surface area contributed by atoms with Crippen molar-refractivity contribution in [3.8, 4) is 5.75 Å².